The SMILES string of the molecule is COC(O)c1cccc(-c2cnc(Nc3ccc(Cl)cc3)o2)c1. The van der Waals surface area contributed by atoms with E-state index in [4.69, 9.17) is 20.8 Å². The van der Waals surface area contributed by atoms with E-state index in [1.165, 1.54) is 7.11 Å². The number of oxazole rings is 1. The molecule has 3 rings (SSSR count). The number of nitrogens with one attached hydrogen (secondary N) is 1. The van der Waals surface area contributed by atoms with Crippen molar-refractivity contribution in [2.75, 3.05) is 12.4 Å². The van der Waals surface area contributed by atoms with Gasteiger partial charge in [0.15, 0.2) is 12.1 Å². The van der Waals surface area contributed by atoms with Crippen molar-refractivity contribution in [3.8, 4) is 11.3 Å². The van der Waals surface area contributed by atoms with E-state index in [9.17, 15) is 5.11 Å². The molecule has 0 aliphatic carbocycles. The van der Waals surface area contributed by atoms with Crippen LogP contribution in [0.25, 0.3) is 11.3 Å². The number of rotatable bonds is 5. The molecular weight excluding hydrogens is 316 g/mol. The van der Waals surface area contributed by atoms with Gasteiger partial charge in [-0.3, -0.25) is 0 Å². The molecule has 118 valence electrons. The molecule has 0 fully saturated rings. The number of aromatic nitrogens is 1. The number of aliphatic hydroxyl groups is 1. The predicted molar refractivity (Wildman–Crippen MR) is 88.6 cm³/mol. The van der Waals surface area contributed by atoms with Gasteiger partial charge in [-0.2, -0.15) is 0 Å². The summed E-state index contributed by atoms with van der Waals surface area (Å²) in [5.74, 6) is 0.589. The molecule has 5 nitrogen and oxygen atoms in total. The summed E-state index contributed by atoms with van der Waals surface area (Å²) in [6, 6.07) is 14.9. The minimum absolute atomic E-state index is 0.375. The Morgan fingerprint density at radius 2 is 2.00 bits per heavy atom. The van der Waals surface area contributed by atoms with Gasteiger partial charge in [-0.1, -0.05) is 29.8 Å². The lowest BCUT2D eigenvalue weighted by Crippen LogP contribution is -1.98. The van der Waals surface area contributed by atoms with Crippen LogP contribution in [0.3, 0.4) is 0 Å². The number of hydrogen-bond donors (Lipinski definition) is 2. The Bertz CT molecular complexity index is 787. The topological polar surface area (TPSA) is 67.5 Å². The van der Waals surface area contributed by atoms with Crippen LogP contribution in [-0.2, 0) is 4.74 Å². The van der Waals surface area contributed by atoms with Crippen molar-refractivity contribution in [2.45, 2.75) is 6.29 Å². The molecule has 3 aromatic rings. The maximum absolute atomic E-state index is 9.73. The van der Waals surface area contributed by atoms with Crippen LogP contribution in [-0.4, -0.2) is 17.2 Å². The van der Waals surface area contributed by atoms with E-state index in [2.05, 4.69) is 10.3 Å². The fourth-order valence-corrected chi connectivity index (χ4v) is 2.23. The number of anilines is 2. The van der Waals surface area contributed by atoms with E-state index in [0.29, 0.717) is 22.4 Å². The molecule has 0 amide bonds. The van der Waals surface area contributed by atoms with Gasteiger partial charge < -0.3 is 19.6 Å². The number of aliphatic hydroxyl groups excluding tert-OH is 1. The van der Waals surface area contributed by atoms with E-state index in [1.54, 1.807) is 30.5 Å². The third-order valence-corrected chi connectivity index (χ3v) is 3.53. The molecule has 0 spiro atoms. The number of benzene rings is 2. The van der Waals surface area contributed by atoms with Crippen LogP contribution in [0.1, 0.15) is 11.9 Å². The lowest BCUT2D eigenvalue weighted by molar-refractivity contribution is -0.0769. The fourth-order valence-electron chi connectivity index (χ4n) is 2.10. The van der Waals surface area contributed by atoms with Crippen LogP contribution in [0.4, 0.5) is 11.7 Å². The van der Waals surface area contributed by atoms with Gasteiger partial charge in [-0.05, 0) is 30.3 Å². The lowest BCUT2D eigenvalue weighted by atomic mass is 10.1. The van der Waals surface area contributed by atoms with Gasteiger partial charge in [0.25, 0.3) is 6.01 Å². The molecule has 1 atom stereocenters. The zero-order valence-electron chi connectivity index (χ0n) is 12.4. The first-order chi connectivity index (χ1) is 11.2. The second kappa shape index (κ2) is 6.83. The van der Waals surface area contributed by atoms with Gasteiger partial charge >= 0.3 is 0 Å². The maximum atomic E-state index is 9.73. The second-order valence-electron chi connectivity index (χ2n) is 4.88. The first kappa shape index (κ1) is 15.6. The monoisotopic (exact) mass is 330 g/mol. The van der Waals surface area contributed by atoms with E-state index < -0.39 is 6.29 Å². The largest absolute Gasteiger partial charge is 0.423 e. The van der Waals surface area contributed by atoms with Crippen molar-refractivity contribution in [1.82, 2.24) is 4.98 Å². The molecule has 0 radical (unpaired) electrons. The van der Waals surface area contributed by atoms with Crippen molar-refractivity contribution >= 4 is 23.3 Å². The van der Waals surface area contributed by atoms with Crippen molar-refractivity contribution in [1.29, 1.82) is 0 Å². The third kappa shape index (κ3) is 3.71. The van der Waals surface area contributed by atoms with Gasteiger partial charge in [0.05, 0.1) is 6.20 Å². The maximum Gasteiger partial charge on any atom is 0.299 e. The van der Waals surface area contributed by atoms with Gasteiger partial charge in [-0.15, -0.1) is 0 Å². The van der Waals surface area contributed by atoms with Crippen molar-refractivity contribution in [2.24, 2.45) is 0 Å². The van der Waals surface area contributed by atoms with Crippen LogP contribution in [0.2, 0.25) is 5.02 Å². The highest BCUT2D eigenvalue weighted by atomic mass is 35.5. The van der Waals surface area contributed by atoms with Crippen LogP contribution in [0.5, 0.6) is 0 Å². The van der Waals surface area contributed by atoms with E-state index >= 15 is 0 Å². The summed E-state index contributed by atoms with van der Waals surface area (Å²) in [5.41, 5.74) is 2.27. The Labute approximate surface area is 138 Å². The number of nitrogens with zero attached hydrogens (tertiary/aromatic N) is 1. The molecule has 6 heteroatoms. The van der Waals surface area contributed by atoms with Crippen molar-refractivity contribution in [3.05, 3.63) is 65.3 Å². The molecule has 2 aromatic carbocycles. The molecule has 0 aliphatic rings. The number of methoxy groups -OCH3 is 1. The molecule has 1 aromatic heterocycles. The Morgan fingerprint density at radius 3 is 2.74 bits per heavy atom. The standard InChI is InChI=1S/C17H15ClN2O3/c1-22-16(21)12-4-2-3-11(9-12)15-10-19-17(23-15)20-14-7-5-13(18)6-8-14/h2-10,16,21H,1H3,(H,19,20). The Morgan fingerprint density at radius 1 is 1.22 bits per heavy atom. The quantitative estimate of drug-likeness (QED) is 0.680. The normalized spacial score (nSPS) is 12.1. The lowest BCUT2D eigenvalue weighted by Gasteiger charge is -2.09. The molecule has 0 saturated carbocycles. The van der Waals surface area contributed by atoms with Crippen LogP contribution in [0, 0.1) is 0 Å². The Balaban J connectivity index is 1.80. The highest BCUT2D eigenvalue weighted by Gasteiger charge is 2.10. The summed E-state index contributed by atoms with van der Waals surface area (Å²) >= 11 is 5.85. The smallest absolute Gasteiger partial charge is 0.299 e. The molecule has 0 aliphatic heterocycles. The summed E-state index contributed by atoms with van der Waals surface area (Å²) in [6.07, 6.45) is 0.654. The molecule has 23 heavy (non-hydrogen) atoms. The summed E-state index contributed by atoms with van der Waals surface area (Å²) < 4.78 is 10.6. The highest BCUT2D eigenvalue weighted by Crippen LogP contribution is 2.27. The van der Waals surface area contributed by atoms with Gasteiger partial charge in [0, 0.05) is 28.9 Å². The average molecular weight is 331 g/mol. The molecule has 0 saturated heterocycles. The minimum Gasteiger partial charge on any atom is -0.423 e. The first-order valence-corrected chi connectivity index (χ1v) is 7.33. The fraction of sp³-hybridized carbons (Fsp3) is 0.118. The molecule has 1 heterocycles. The van der Waals surface area contributed by atoms with Crippen molar-refractivity contribution in [3.63, 3.8) is 0 Å². The number of halogens is 1. The summed E-state index contributed by atoms with van der Waals surface area (Å²) in [4.78, 5) is 4.20. The zero-order valence-corrected chi connectivity index (χ0v) is 13.1. The summed E-state index contributed by atoms with van der Waals surface area (Å²) in [5, 5.41) is 13.5. The van der Waals surface area contributed by atoms with E-state index in [-0.39, 0.29) is 0 Å². The molecular formula is C17H15ClN2O3. The second-order valence-corrected chi connectivity index (χ2v) is 5.31. The highest BCUT2D eigenvalue weighted by molar-refractivity contribution is 6.30. The number of hydrogen-bond acceptors (Lipinski definition) is 5. The van der Waals surface area contributed by atoms with Crippen LogP contribution in [0.15, 0.2) is 59.1 Å². The first-order valence-electron chi connectivity index (χ1n) is 6.95. The predicted octanol–water partition coefficient (Wildman–Crippen LogP) is 4.38. The summed E-state index contributed by atoms with van der Waals surface area (Å²) in [7, 11) is 1.44. The average Bonchev–Trinajstić information content (AvgIpc) is 3.05. The Hall–Kier alpha value is -2.34. The van der Waals surface area contributed by atoms with Crippen LogP contribution >= 0.6 is 11.6 Å². The van der Waals surface area contributed by atoms with Gasteiger partial charge in [-0.25, -0.2) is 4.98 Å². The molecule has 0 bridgehead atoms. The van der Waals surface area contributed by atoms with Gasteiger partial charge in [0.1, 0.15) is 0 Å². The van der Waals surface area contributed by atoms with E-state index in [0.717, 1.165) is 11.3 Å². The third-order valence-electron chi connectivity index (χ3n) is 3.28. The van der Waals surface area contributed by atoms with Crippen LogP contribution < -0.4 is 5.32 Å². The Kier molecular flexibility index (Phi) is 4.62. The van der Waals surface area contributed by atoms with E-state index in [1.807, 2.05) is 24.3 Å². The van der Waals surface area contributed by atoms with Crippen molar-refractivity contribution < 1.29 is 14.3 Å². The van der Waals surface area contributed by atoms with Gasteiger partial charge in [0.2, 0.25) is 0 Å². The zero-order chi connectivity index (χ0) is 16.2. The number of ether oxygens (including phenoxy) is 1. The molecule has 1 unspecified atom stereocenters. The minimum atomic E-state index is -0.968. The summed E-state index contributed by atoms with van der Waals surface area (Å²) in [6.45, 7) is 0. The molecule has 2 N–H and O–H groups in total.